The van der Waals surface area contributed by atoms with E-state index in [0.29, 0.717) is 40.4 Å². The summed E-state index contributed by atoms with van der Waals surface area (Å²) in [5, 5.41) is 11.2. The molecule has 9 nitrogen and oxygen atoms in total. The zero-order valence-electron chi connectivity index (χ0n) is 17.7. The van der Waals surface area contributed by atoms with Gasteiger partial charge in [-0.15, -0.1) is 11.3 Å². The van der Waals surface area contributed by atoms with Crippen LogP contribution in [-0.2, 0) is 11.2 Å². The number of nitrogens with zero attached hydrogens (tertiary/aromatic N) is 3. The predicted molar refractivity (Wildman–Crippen MR) is 126 cm³/mol. The van der Waals surface area contributed by atoms with Crippen molar-refractivity contribution in [3.63, 3.8) is 0 Å². The third-order valence-corrected chi connectivity index (χ3v) is 6.34. The molecule has 4 rings (SSSR count). The Bertz CT molecular complexity index is 1200. The molecule has 2 aromatic heterocycles. The van der Waals surface area contributed by atoms with Crippen LogP contribution in [0.25, 0.3) is 0 Å². The number of cyclic esters (lactones) is 1. The fraction of sp³-hybridized carbons (Fsp3) is 0.238. The Kier molecular flexibility index (Phi) is 6.15. The summed E-state index contributed by atoms with van der Waals surface area (Å²) in [5.41, 5.74) is 4.09. The maximum atomic E-state index is 12.2. The number of aromatic nitrogens is 2. The Morgan fingerprint density at radius 2 is 2.12 bits per heavy atom. The van der Waals surface area contributed by atoms with E-state index in [2.05, 4.69) is 25.9 Å². The van der Waals surface area contributed by atoms with Crippen LogP contribution in [0.1, 0.15) is 20.8 Å². The zero-order chi connectivity index (χ0) is 22.8. The number of carbonyl (C=O) groups excluding carboxylic acids is 2. The van der Waals surface area contributed by atoms with Crippen LogP contribution in [0.2, 0.25) is 5.02 Å². The van der Waals surface area contributed by atoms with Gasteiger partial charge in [-0.25, -0.2) is 9.78 Å². The van der Waals surface area contributed by atoms with E-state index >= 15 is 0 Å². The van der Waals surface area contributed by atoms with Gasteiger partial charge in [0.1, 0.15) is 9.90 Å². The van der Waals surface area contributed by atoms with Crippen LogP contribution in [0.5, 0.6) is 0 Å². The topological polar surface area (TPSA) is 108 Å². The molecule has 11 heteroatoms. The first-order valence-electron chi connectivity index (χ1n) is 9.77. The van der Waals surface area contributed by atoms with E-state index in [1.54, 1.807) is 14.1 Å². The van der Waals surface area contributed by atoms with Gasteiger partial charge in [-0.2, -0.15) is 4.98 Å². The lowest BCUT2D eigenvalue weighted by atomic mass is 10.1. The van der Waals surface area contributed by atoms with Gasteiger partial charge in [0, 0.05) is 26.2 Å². The lowest BCUT2D eigenvalue weighted by Crippen LogP contribution is -2.25. The highest BCUT2D eigenvalue weighted by molar-refractivity contribution is 7.12. The number of aryl methyl sites for hydroxylation is 1. The Morgan fingerprint density at radius 3 is 2.91 bits per heavy atom. The molecule has 0 bridgehead atoms. The molecule has 0 aliphatic carbocycles. The average molecular weight is 473 g/mol. The van der Waals surface area contributed by atoms with Crippen LogP contribution in [0, 0.1) is 6.92 Å². The van der Waals surface area contributed by atoms with Crippen LogP contribution in [0.3, 0.4) is 0 Å². The summed E-state index contributed by atoms with van der Waals surface area (Å²) in [5.74, 6) is 0.524. The van der Waals surface area contributed by atoms with Gasteiger partial charge in [-0.1, -0.05) is 11.6 Å². The molecule has 32 heavy (non-hydrogen) atoms. The van der Waals surface area contributed by atoms with E-state index in [-0.39, 0.29) is 12.0 Å². The molecule has 0 atom stereocenters. The van der Waals surface area contributed by atoms with Crippen molar-refractivity contribution >= 4 is 63.8 Å². The van der Waals surface area contributed by atoms with E-state index in [9.17, 15) is 9.59 Å². The summed E-state index contributed by atoms with van der Waals surface area (Å²) in [6.45, 7) is 2.22. The second-order valence-corrected chi connectivity index (χ2v) is 8.40. The lowest BCUT2D eigenvalue weighted by Gasteiger charge is -2.17. The highest BCUT2D eigenvalue weighted by atomic mass is 35.5. The van der Waals surface area contributed by atoms with Crippen LogP contribution in [-0.4, -0.2) is 42.7 Å². The van der Waals surface area contributed by atoms with E-state index in [0.717, 1.165) is 22.5 Å². The van der Waals surface area contributed by atoms with Crippen LogP contribution >= 0.6 is 22.9 Å². The molecule has 0 fully saturated rings. The smallest absolute Gasteiger partial charge is 0.414 e. The Balaban J connectivity index is 1.59. The number of rotatable bonds is 5. The van der Waals surface area contributed by atoms with Gasteiger partial charge in [0.05, 0.1) is 24.2 Å². The van der Waals surface area contributed by atoms with Crippen molar-refractivity contribution in [1.82, 2.24) is 15.3 Å². The molecule has 1 aromatic carbocycles. The minimum atomic E-state index is -0.374. The van der Waals surface area contributed by atoms with Crippen LogP contribution in [0.15, 0.2) is 29.8 Å². The number of hydrogen-bond donors (Lipinski definition) is 3. The number of anilines is 5. The number of amides is 2. The summed E-state index contributed by atoms with van der Waals surface area (Å²) in [6, 6.07) is 5.63. The Hall–Kier alpha value is -3.37. The molecule has 0 saturated heterocycles. The van der Waals surface area contributed by atoms with Gasteiger partial charge in [-0.05, 0) is 41.6 Å². The molecule has 3 aromatic rings. The monoisotopic (exact) mass is 472 g/mol. The standard InChI is InChI=1S/C21H21ClN6O3S/c1-11-10-32-17(19(29)23-2)16(11)26-18-14(22)9-24-20(27-18)25-13-4-5-15-12(8-13)6-7-31-21(30)28(15)3/h4-5,8-10H,6-7H2,1-3H3,(H,23,29)(H2,24,25,26,27). The van der Waals surface area contributed by atoms with E-state index in [1.165, 1.54) is 22.4 Å². The Morgan fingerprint density at radius 1 is 1.31 bits per heavy atom. The molecule has 0 saturated carbocycles. The van der Waals surface area contributed by atoms with E-state index in [1.807, 2.05) is 30.5 Å². The summed E-state index contributed by atoms with van der Waals surface area (Å²) < 4.78 is 5.17. The lowest BCUT2D eigenvalue weighted by molar-refractivity contribution is 0.0967. The van der Waals surface area contributed by atoms with Crippen molar-refractivity contribution in [2.75, 3.05) is 36.2 Å². The van der Waals surface area contributed by atoms with Gasteiger partial charge in [0.15, 0.2) is 5.82 Å². The number of fused-ring (bicyclic) bond motifs is 1. The second-order valence-electron chi connectivity index (χ2n) is 7.11. The number of hydrogen-bond acceptors (Lipinski definition) is 8. The molecule has 0 spiro atoms. The average Bonchev–Trinajstić information content (AvgIpc) is 3.08. The third kappa shape index (κ3) is 4.32. The summed E-state index contributed by atoms with van der Waals surface area (Å²) >= 11 is 7.65. The van der Waals surface area contributed by atoms with Gasteiger partial charge in [0.25, 0.3) is 5.91 Å². The second kappa shape index (κ2) is 9.01. The summed E-state index contributed by atoms with van der Waals surface area (Å²) in [7, 11) is 3.26. The number of halogens is 1. The summed E-state index contributed by atoms with van der Waals surface area (Å²) in [4.78, 5) is 34.8. The molecule has 2 amide bonds. The maximum Gasteiger partial charge on any atom is 0.414 e. The van der Waals surface area contributed by atoms with Gasteiger partial charge in [0.2, 0.25) is 5.95 Å². The van der Waals surface area contributed by atoms with E-state index < -0.39 is 0 Å². The molecule has 1 aliphatic heterocycles. The van der Waals surface area contributed by atoms with Crippen molar-refractivity contribution in [3.05, 3.63) is 50.8 Å². The van der Waals surface area contributed by atoms with Crippen molar-refractivity contribution < 1.29 is 14.3 Å². The molecular weight excluding hydrogens is 452 g/mol. The highest BCUT2D eigenvalue weighted by Gasteiger charge is 2.21. The van der Waals surface area contributed by atoms with Crippen molar-refractivity contribution in [3.8, 4) is 0 Å². The van der Waals surface area contributed by atoms with Crippen molar-refractivity contribution in [2.24, 2.45) is 0 Å². The van der Waals surface area contributed by atoms with Crippen LogP contribution < -0.4 is 20.9 Å². The third-order valence-electron chi connectivity index (χ3n) is 4.96. The number of carbonyl (C=O) groups is 2. The molecule has 3 N–H and O–H groups in total. The van der Waals surface area contributed by atoms with Gasteiger partial charge in [-0.3, -0.25) is 9.69 Å². The molecule has 1 aliphatic rings. The zero-order valence-corrected chi connectivity index (χ0v) is 19.2. The maximum absolute atomic E-state index is 12.2. The Labute approximate surface area is 193 Å². The first kappa shape index (κ1) is 21.8. The largest absolute Gasteiger partial charge is 0.449 e. The fourth-order valence-electron chi connectivity index (χ4n) is 3.28. The SMILES string of the molecule is CNC(=O)c1scc(C)c1Nc1nc(Nc2ccc3c(c2)CCOC(=O)N3C)ncc1Cl. The first-order valence-corrected chi connectivity index (χ1v) is 11.0. The van der Waals surface area contributed by atoms with Crippen LogP contribution in [0.4, 0.5) is 33.6 Å². The summed E-state index contributed by atoms with van der Waals surface area (Å²) in [6.07, 6.45) is 1.72. The number of thiophene rings is 1. The molecule has 166 valence electrons. The fourth-order valence-corrected chi connectivity index (χ4v) is 4.37. The molecule has 0 unspecified atom stereocenters. The van der Waals surface area contributed by atoms with Crippen molar-refractivity contribution in [1.29, 1.82) is 0 Å². The number of benzene rings is 1. The molecule has 3 heterocycles. The molecular formula is C21H21ClN6O3S. The minimum Gasteiger partial charge on any atom is -0.449 e. The molecule has 0 radical (unpaired) electrons. The number of nitrogens with one attached hydrogen (secondary N) is 3. The minimum absolute atomic E-state index is 0.188. The van der Waals surface area contributed by atoms with Gasteiger partial charge >= 0.3 is 6.09 Å². The van der Waals surface area contributed by atoms with E-state index in [4.69, 9.17) is 16.3 Å². The highest BCUT2D eigenvalue weighted by Crippen LogP contribution is 2.33. The number of ether oxygens (including phenoxy) is 1. The van der Waals surface area contributed by atoms with Gasteiger partial charge < -0.3 is 20.7 Å². The predicted octanol–water partition coefficient (Wildman–Crippen LogP) is 4.48. The first-order chi connectivity index (χ1) is 15.4. The van der Waals surface area contributed by atoms with Crippen molar-refractivity contribution in [2.45, 2.75) is 13.3 Å². The quantitative estimate of drug-likeness (QED) is 0.502. The normalized spacial score (nSPS) is 13.1.